The van der Waals surface area contributed by atoms with Gasteiger partial charge in [-0.2, -0.15) is 0 Å². The molecule has 0 aliphatic heterocycles. The first-order chi connectivity index (χ1) is 9.52. The Morgan fingerprint density at radius 3 is 2.90 bits per heavy atom. The molecule has 0 saturated carbocycles. The van der Waals surface area contributed by atoms with Crippen LogP contribution in [-0.4, -0.2) is 33.2 Å². The second-order valence-electron chi connectivity index (χ2n) is 3.97. The first-order valence-corrected chi connectivity index (χ1v) is 6.99. The molecule has 106 valence electrons. The van der Waals surface area contributed by atoms with E-state index in [2.05, 4.69) is 14.9 Å². The maximum atomic E-state index is 11.4. The zero-order valence-corrected chi connectivity index (χ0v) is 12.5. The quantitative estimate of drug-likeness (QED) is 0.528. The van der Waals surface area contributed by atoms with E-state index in [1.807, 2.05) is 6.07 Å². The second kappa shape index (κ2) is 6.15. The Kier molecular flexibility index (Phi) is 4.51. The number of halogens is 1. The number of methoxy groups -OCH3 is 1. The van der Waals surface area contributed by atoms with Crippen molar-refractivity contribution in [3.63, 3.8) is 0 Å². The largest absolute Gasteiger partial charge is 0.468 e. The molecule has 1 aromatic heterocycles. The summed E-state index contributed by atoms with van der Waals surface area (Å²) in [6.07, 6.45) is 0. The highest BCUT2D eigenvalue weighted by atomic mass is 35.5. The van der Waals surface area contributed by atoms with Crippen LogP contribution in [0.4, 0.5) is 0 Å². The third-order valence-electron chi connectivity index (χ3n) is 2.56. The fraction of sp³-hybridized carbons (Fsp3) is 0.250. The smallest absolute Gasteiger partial charge is 0.318 e. The molecule has 0 saturated heterocycles. The molecule has 2 N–H and O–H groups in total. The van der Waals surface area contributed by atoms with E-state index >= 15 is 0 Å². The lowest BCUT2D eigenvalue weighted by Gasteiger charge is -2.08. The van der Waals surface area contributed by atoms with Gasteiger partial charge in [0.05, 0.1) is 7.11 Å². The minimum atomic E-state index is -0.418. The van der Waals surface area contributed by atoms with Gasteiger partial charge in [-0.3, -0.25) is 4.79 Å². The van der Waals surface area contributed by atoms with Gasteiger partial charge >= 0.3 is 5.97 Å². The van der Waals surface area contributed by atoms with Crippen LogP contribution in [0.15, 0.2) is 29.4 Å². The van der Waals surface area contributed by atoms with Crippen molar-refractivity contribution in [3.8, 4) is 11.4 Å². The summed E-state index contributed by atoms with van der Waals surface area (Å²) < 4.78 is 5.98. The van der Waals surface area contributed by atoms with E-state index in [-0.39, 0.29) is 5.97 Å². The van der Waals surface area contributed by atoms with Gasteiger partial charge in [-0.1, -0.05) is 35.5 Å². The van der Waals surface area contributed by atoms with Crippen LogP contribution in [0.3, 0.4) is 0 Å². The Morgan fingerprint density at radius 1 is 1.50 bits per heavy atom. The van der Waals surface area contributed by atoms with Gasteiger partial charge in [-0.05, 0) is 19.1 Å². The number of benzene rings is 1. The van der Waals surface area contributed by atoms with E-state index in [9.17, 15) is 4.79 Å². The van der Waals surface area contributed by atoms with Crippen LogP contribution in [0.2, 0.25) is 5.02 Å². The van der Waals surface area contributed by atoms with E-state index in [1.54, 1.807) is 25.1 Å². The van der Waals surface area contributed by atoms with Gasteiger partial charge in [0.1, 0.15) is 5.25 Å². The Labute approximate surface area is 125 Å². The Bertz CT molecular complexity index is 632. The molecule has 1 atom stereocenters. The second-order valence-corrected chi connectivity index (χ2v) is 5.71. The van der Waals surface area contributed by atoms with E-state index in [0.717, 1.165) is 5.56 Å². The van der Waals surface area contributed by atoms with Gasteiger partial charge in [0.15, 0.2) is 5.82 Å². The van der Waals surface area contributed by atoms with Crippen LogP contribution in [0.5, 0.6) is 0 Å². The lowest BCUT2D eigenvalue weighted by atomic mass is 10.2. The van der Waals surface area contributed by atoms with Crippen LogP contribution in [-0.2, 0) is 9.53 Å². The SMILES string of the molecule is COC(=O)C(C)Sc1nnc(-c2cccc(Cl)c2)n1N. The first-order valence-electron chi connectivity index (χ1n) is 5.74. The van der Waals surface area contributed by atoms with Gasteiger partial charge in [0.25, 0.3) is 0 Å². The molecule has 6 nitrogen and oxygen atoms in total. The molecular formula is C12H13ClN4O2S. The summed E-state index contributed by atoms with van der Waals surface area (Å²) in [6.45, 7) is 1.71. The van der Waals surface area contributed by atoms with Gasteiger partial charge in [-0.25, -0.2) is 4.68 Å². The van der Waals surface area contributed by atoms with Crippen molar-refractivity contribution in [3.05, 3.63) is 29.3 Å². The maximum absolute atomic E-state index is 11.4. The third kappa shape index (κ3) is 3.05. The summed E-state index contributed by atoms with van der Waals surface area (Å²) in [7, 11) is 1.34. The molecule has 1 aromatic carbocycles. The normalized spacial score (nSPS) is 12.2. The monoisotopic (exact) mass is 312 g/mol. The molecule has 8 heteroatoms. The van der Waals surface area contributed by atoms with E-state index in [0.29, 0.717) is 16.0 Å². The topological polar surface area (TPSA) is 83.0 Å². The molecular weight excluding hydrogens is 300 g/mol. The highest BCUT2D eigenvalue weighted by Gasteiger charge is 2.20. The molecule has 20 heavy (non-hydrogen) atoms. The first kappa shape index (κ1) is 14.7. The molecule has 2 rings (SSSR count). The minimum Gasteiger partial charge on any atom is -0.468 e. The number of aromatic nitrogens is 3. The number of nitrogens with zero attached hydrogens (tertiary/aromatic N) is 3. The Balaban J connectivity index is 2.25. The standard InChI is InChI=1S/C12H13ClN4O2S/c1-7(11(18)19-2)20-12-16-15-10(17(12)14)8-4-3-5-9(13)6-8/h3-7H,14H2,1-2H3. The van der Waals surface area contributed by atoms with Crippen molar-refractivity contribution >= 4 is 29.3 Å². The number of rotatable bonds is 4. The van der Waals surface area contributed by atoms with Crippen LogP contribution >= 0.6 is 23.4 Å². The fourth-order valence-corrected chi connectivity index (χ4v) is 2.54. The number of thioether (sulfide) groups is 1. The van der Waals surface area contributed by atoms with E-state index in [4.69, 9.17) is 17.4 Å². The Morgan fingerprint density at radius 2 is 2.25 bits per heavy atom. The lowest BCUT2D eigenvalue weighted by molar-refractivity contribution is -0.139. The summed E-state index contributed by atoms with van der Waals surface area (Å²) in [4.78, 5) is 11.4. The van der Waals surface area contributed by atoms with Crippen LogP contribution in [0.25, 0.3) is 11.4 Å². The van der Waals surface area contributed by atoms with Crippen LogP contribution in [0, 0.1) is 0 Å². The number of nitrogen functional groups attached to an aromatic ring is 1. The molecule has 0 bridgehead atoms. The Hall–Kier alpha value is -1.73. The zero-order chi connectivity index (χ0) is 14.7. The molecule has 0 aliphatic rings. The highest BCUT2D eigenvalue weighted by Crippen LogP contribution is 2.26. The molecule has 0 amide bonds. The predicted molar refractivity (Wildman–Crippen MR) is 78.0 cm³/mol. The molecule has 0 fully saturated rings. The zero-order valence-electron chi connectivity index (χ0n) is 10.9. The van der Waals surface area contributed by atoms with E-state index in [1.165, 1.54) is 23.5 Å². The number of ether oxygens (including phenoxy) is 1. The minimum absolute atomic E-state index is 0.345. The van der Waals surface area contributed by atoms with Crippen LogP contribution in [0.1, 0.15) is 6.92 Å². The molecule has 1 unspecified atom stereocenters. The molecule has 0 radical (unpaired) electrons. The van der Waals surface area contributed by atoms with Gasteiger partial charge in [0, 0.05) is 10.6 Å². The van der Waals surface area contributed by atoms with Crippen molar-refractivity contribution in [1.29, 1.82) is 0 Å². The number of carbonyl (C=O) groups excluding carboxylic acids is 1. The van der Waals surface area contributed by atoms with Crippen molar-refractivity contribution < 1.29 is 9.53 Å². The number of hydrogen-bond donors (Lipinski definition) is 1. The summed E-state index contributed by atoms with van der Waals surface area (Å²) in [5, 5.41) is 8.60. The summed E-state index contributed by atoms with van der Waals surface area (Å²) in [6, 6.07) is 7.14. The van der Waals surface area contributed by atoms with Crippen molar-refractivity contribution in [1.82, 2.24) is 14.9 Å². The number of esters is 1. The summed E-state index contributed by atoms with van der Waals surface area (Å²) in [5.74, 6) is 6.08. The van der Waals surface area contributed by atoms with E-state index < -0.39 is 5.25 Å². The lowest BCUT2D eigenvalue weighted by Crippen LogP contribution is -2.18. The molecule has 1 heterocycles. The van der Waals surface area contributed by atoms with Crippen molar-refractivity contribution in [2.45, 2.75) is 17.3 Å². The number of hydrogen-bond acceptors (Lipinski definition) is 6. The third-order valence-corrected chi connectivity index (χ3v) is 3.83. The average Bonchev–Trinajstić information content (AvgIpc) is 2.79. The van der Waals surface area contributed by atoms with Crippen molar-refractivity contribution in [2.24, 2.45) is 0 Å². The van der Waals surface area contributed by atoms with Crippen molar-refractivity contribution in [2.75, 3.05) is 13.0 Å². The number of nitrogens with two attached hydrogens (primary N) is 1. The predicted octanol–water partition coefficient (Wildman–Crippen LogP) is 1.97. The molecule has 2 aromatic rings. The van der Waals surface area contributed by atoms with Gasteiger partial charge < -0.3 is 10.6 Å². The van der Waals surface area contributed by atoms with Gasteiger partial charge in [0.2, 0.25) is 5.16 Å². The fourth-order valence-electron chi connectivity index (χ4n) is 1.55. The molecule has 0 spiro atoms. The van der Waals surface area contributed by atoms with Gasteiger partial charge in [-0.15, -0.1) is 10.2 Å². The average molecular weight is 313 g/mol. The van der Waals surface area contributed by atoms with Crippen LogP contribution < -0.4 is 5.84 Å². The summed E-state index contributed by atoms with van der Waals surface area (Å²) >= 11 is 7.11. The highest BCUT2D eigenvalue weighted by molar-refractivity contribution is 8.00. The number of carbonyl (C=O) groups is 1. The molecule has 0 aliphatic carbocycles. The summed E-state index contributed by atoms with van der Waals surface area (Å²) in [5.41, 5.74) is 0.755. The maximum Gasteiger partial charge on any atom is 0.318 e.